The predicted molar refractivity (Wildman–Crippen MR) is 210 cm³/mol. The number of aromatic nitrogens is 3. The van der Waals surface area contributed by atoms with Crippen LogP contribution in [0.15, 0.2) is 157 Å². The van der Waals surface area contributed by atoms with Crippen LogP contribution in [0.2, 0.25) is 0 Å². The molecule has 4 nitrogen and oxygen atoms in total. The third-order valence-corrected chi connectivity index (χ3v) is 9.56. The van der Waals surface area contributed by atoms with Crippen LogP contribution in [0.3, 0.4) is 0 Å². The zero-order valence-corrected chi connectivity index (χ0v) is 27.7. The number of hydrogen-bond acceptors (Lipinski definition) is 2. The molecule has 8 bridgehead atoms. The minimum absolute atomic E-state index is 0.796. The lowest BCUT2D eigenvalue weighted by molar-refractivity contribution is 1.28. The van der Waals surface area contributed by atoms with Gasteiger partial charge < -0.3 is 9.97 Å². The van der Waals surface area contributed by atoms with Gasteiger partial charge in [-0.15, -0.1) is 0 Å². The minimum atomic E-state index is 0.796. The maximum Gasteiger partial charge on any atom is 0.0739 e. The van der Waals surface area contributed by atoms with Crippen LogP contribution >= 0.6 is 0 Å². The zero-order valence-electron chi connectivity index (χ0n) is 27.7. The van der Waals surface area contributed by atoms with Gasteiger partial charge in [-0.2, -0.15) is 0 Å². The molecule has 0 spiro atoms. The van der Waals surface area contributed by atoms with Crippen molar-refractivity contribution in [3.63, 3.8) is 0 Å². The van der Waals surface area contributed by atoms with Crippen molar-refractivity contribution in [1.29, 1.82) is 0 Å². The molecule has 0 amide bonds. The second kappa shape index (κ2) is 12.5. The Bertz CT molecular complexity index is 2590. The van der Waals surface area contributed by atoms with Crippen LogP contribution in [0.5, 0.6) is 0 Å². The Morgan fingerprint density at radius 1 is 0.440 bits per heavy atom. The van der Waals surface area contributed by atoms with Crippen molar-refractivity contribution in [2.24, 2.45) is 4.99 Å². The molecule has 0 unspecified atom stereocenters. The van der Waals surface area contributed by atoms with E-state index in [-0.39, 0.29) is 0 Å². The second-order valence-electron chi connectivity index (χ2n) is 12.6. The molecule has 4 aromatic carbocycles. The van der Waals surface area contributed by atoms with Gasteiger partial charge in [0.15, 0.2) is 0 Å². The Hall–Kier alpha value is -6.52. The Kier molecular flexibility index (Phi) is 7.40. The standard InChI is InChI=1S/C46H34N4/c1-2-35-34-29-42(47-35)46(33-21-13-6-14-22-33)41-28-27-40(50-41)45(32-19-11-5-12-20-32)39-26-25-38(49-39)44(31-17-9-4-10-18-31)37-24-23-36(48-37)43(34)30-15-7-3-8-16-30/h3-29,48,50H,2H2,1H3. The number of nitrogens with zero attached hydrogens (tertiary/aromatic N) is 2. The second-order valence-corrected chi connectivity index (χ2v) is 12.6. The van der Waals surface area contributed by atoms with E-state index in [1.165, 1.54) is 0 Å². The average Bonchev–Trinajstić information content (AvgIpc) is 4.00. The van der Waals surface area contributed by atoms with Crippen LogP contribution in [-0.2, 0) is 0 Å². The van der Waals surface area contributed by atoms with E-state index >= 15 is 0 Å². The highest BCUT2D eigenvalue weighted by Gasteiger charge is 2.21. The first-order valence-electron chi connectivity index (χ1n) is 17.2. The van der Waals surface area contributed by atoms with Crippen LogP contribution in [0, 0.1) is 0 Å². The van der Waals surface area contributed by atoms with Crippen LogP contribution in [0.1, 0.15) is 30.3 Å². The molecule has 0 aliphatic carbocycles. The Morgan fingerprint density at radius 3 is 1.26 bits per heavy atom. The largest absolute Gasteiger partial charge is 0.354 e. The smallest absolute Gasteiger partial charge is 0.0739 e. The number of aromatic amines is 2. The third kappa shape index (κ3) is 5.19. The molecule has 0 saturated carbocycles. The first-order valence-corrected chi connectivity index (χ1v) is 17.2. The van der Waals surface area contributed by atoms with E-state index in [9.17, 15) is 0 Å². The summed E-state index contributed by atoms with van der Waals surface area (Å²) in [5.41, 5.74) is 17.7. The Balaban J connectivity index is 1.51. The van der Waals surface area contributed by atoms with Gasteiger partial charge in [-0.05, 0) is 71.2 Å². The summed E-state index contributed by atoms with van der Waals surface area (Å²) in [5.74, 6) is 0. The van der Waals surface area contributed by atoms with Crippen molar-refractivity contribution in [1.82, 2.24) is 15.0 Å². The van der Waals surface area contributed by atoms with Crippen LogP contribution in [0.25, 0.3) is 78.7 Å². The van der Waals surface area contributed by atoms with Gasteiger partial charge in [0.25, 0.3) is 0 Å². The lowest BCUT2D eigenvalue weighted by Gasteiger charge is -2.08. The number of hydrogen-bond donors (Lipinski definition) is 2. The average molecular weight is 643 g/mol. The summed E-state index contributed by atoms with van der Waals surface area (Å²) in [4.78, 5) is 18.5. The Morgan fingerprint density at radius 2 is 0.820 bits per heavy atom. The molecule has 7 aromatic rings. The van der Waals surface area contributed by atoms with E-state index in [1.807, 2.05) is 0 Å². The summed E-state index contributed by atoms with van der Waals surface area (Å²) in [6, 6.07) is 53.4. The van der Waals surface area contributed by atoms with E-state index in [4.69, 9.17) is 9.98 Å². The monoisotopic (exact) mass is 642 g/mol. The first kappa shape index (κ1) is 29.6. The summed E-state index contributed by atoms with van der Waals surface area (Å²) in [5, 5.41) is 0. The van der Waals surface area contributed by atoms with E-state index in [1.54, 1.807) is 0 Å². The number of aliphatic imine (C=N–C) groups is 1. The van der Waals surface area contributed by atoms with Crippen molar-refractivity contribution in [3.8, 4) is 44.5 Å². The van der Waals surface area contributed by atoms with Gasteiger partial charge in [-0.25, -0.2) is 4.98 Å². The number of benzene rings is 4. The predicted octanol–water partition coefficient (Wildman–Crippen LogP) is 12.3. The fourth-order valence-corrected chi connectivity index (χ4v) is 7.29. The van der Waals surface area contributed by atoms with Crippen molar-refractivity contribution in [2.75, 3.05) is 0 Å². The number of fused-ring (bicyclic) bond motifs is 8. The highest BCUT2D eigenvalue weighted by atomic mass is 14.8. The van der Waals surface area contributed by atoms with E-state index in [2.05, 4.69) is 181 Å². The van der Waals surface area contributed by atoms with Crippen LogP contribution < -0.4 is 0 Å². The Labute approximate surface area is 291 Å². The summed E-state index contributed by atoms with van der Waals surface area (Å²) in [6.45, 7) is 2.19. The lowest BCUT2D eigenvalue weighted by atomic mass is 9.97. The quantitative estimate of drug-likeness (QED) is 0.193. The van der Waals surface area contributed by atoms with Crippen LogP contribution in [-0.4, -0.2) is 20.7 Å². The fraction of sp³-hybridized carbons (Fsp3) is 0.0435. The third-order valence-electron chi connectivity index (χ3n) is 9.56. The molecular formula is C46H34N4. The fourth-order valence-electron chi connectivity index (χ4n) is 7.29. The summed E-state index contributed by atoms with van der Waals surface area (Å²) in [6.07, 6.45) is 5.09. The molecule has 50 heavy (non-hydrogen) atoms. The van der Waals surface area contributed by atoms with Crippen LogP contribution in [0.4, 0.5) is 5.69 Å². The van der Waals surface area contributed by atoms with E-state index in [0.717, 1.165) is 101 Å². The van der Waals surface area contributed by atoms with Crippen molar-refractivity contribution < 1.29 is 0 Å². The molecule has 3 aromatic heterocycles. The molecule has 5 heterocycles. The number of H-pyrrole nitrogens is 2. The maximum absolute atomic E-state index is 5.38. The topological polar surface area (TPSA) is 56.8 Å². The summed E-state index contributed by atoms with van der Waals surface area (Å²) in [7, 11) is 0. The minimum Gasteiger partial charge on any atom is -0.354 e. The van der Waals surface area contributed by atoms with Gasteiger partial charge in [-0.1, -0.05) is 128 Å². The number of nitrogens with one attached hydrogen (secondary N) is 2. The molecule has 0 radical (unpaired) electrons. The van der Waals surface area contributed by atoms with Crippen molar-refractivity contribution in [2.45, 2.75) is 13.3 Å². The summed E-state index contributed by atoms with van der Waals surface area (Å²) >= 11 is 0. The molecular weight excluding hydrogens is 609 g/mol. The van der Waals surface area contributed by atoms with Gasteiger partial charge in [-0.3, -0.25) is 4.99 Å². The molecule has 0 saturated heterocycles. The molecule has 238 valence electrons. The first-order chi connectivity index (χ1) is 24.7. The molecule has 2 aliphatic heterocycles. The van der Waals surface area contributed by atoms with Gasteiger partial charge in [0.1, 0.15) is 0 Å². The van der Waals surface area contributed by atoms with Crippen molar-refractivity contribution in [3.05, 3.63) is 169 Å². The van der Waals surface area contributed by atoms with Gasteiger partial charge in [0, 0.05) is 55.6 Å². The summed E-state index contributed by atoms with van der Waals surface area (Å²) < 4.78 is 0. The van der Waals surface area contributed by atoms with E-state index < -0.39 is 0 Å². The van der Waals surface area contributed by atoms with Crippen molar-refractivity contribution >= 4 is 45.6 Å². The van der Waals surface area contributed by atoms with Gasteiger partial charge >= 0.3 is 0 Å². The van der Waals surface area contributed by atoms with E-state index in [0.29, 0.717) is 0 Å². The normalized spacial score (nSPS) is 12.2. The maximum atomic E-state index is 5.38. The highest BCUT2D eigenvalue weighted by molar-refractivity contribution is 6.14. The van der Waals surface area contributed by atoms with Gasteiger partial charge in [0.05, 0.1) is 17.1 Å². The molecule has 0 atom stereocenters. The zero-order chi connectivity index (χ0) is 33.4. The number of rotatable bonds is 5. The highest BCUT2D eigenvalue weighted by Crippen LogP contribution is 2.41. The van der Waals surface area contributed by atoms with Gasteiger partial charge in [0.2, 0.25) is 0 Å². The molecule has 9 rings (SSSR count). The molecule has 0 fully saturated rings. The molecule has 2 aliphatic rings. The SMILES string of the molecule is CCC1=Nc2cc1c(-c1ccccc1)c1ccc([nH]1)c(-c1ccccc1)c1nc(c(-c3ccccc3)c3ccc([nH]3)c2-c2ccccc2)C=C1. The lowest BCUT2D eigenvalue weighted by Crippen LogP contribution is -1.97. The molecule has 4 heteroatoms. The molecule has 2 N–H and O–H groups in total.